The van der Waals surface area contributed by atoms with E-state index in [1.807, 2.05) is 0 Å². The monoisotopic (exact) mass is 142 g/mol. The number of hydrogen-bond acceptors (Lipinski definition) is 2. The van der Waals surface area contributed by atoms with Crippen molar-refractivity contribution in [1.82, 2.24) is 5.43 Å². The summed E-state index contributed by atoms with van der Waals surface area (Å²) in [7, 11) is 0. The molecule has 0 spiro atoms. The fraction of sp³-hybridized carbons (Fsp3) is 0.667. The Labute approximate surface area is 61.2 Å². The van der Waals surface area contributed by atoms with Gasteiger partial charge in [-0.1, -0.05) is 30.9 Å². The van der Waals surface area contributed by atoms with Gasteiger partial charge in [0, 0.05) is 5.70 Å². The van der Waals surface area contributed by atoms with Gasteiger partial charge in [-0.3, -0.25) is 5.43 Å². The Morgan fingerprint density at radius 1 is 1.70 bits per heavy atom. The van der Waals surface area contributed by atoms with Crippen LogP contribution >= 0.6 is 0 Å². The van der Waals surface area contributed by atoms with E-state index in [0.29, 0.717) is 5.92 Å². The summed E-state index contributed by atoms with van der Waals surface area (Å²) in [6.45, 7) is 7.92. The molecule has 0 unspecified atom stereocenters. The summed E-state index contributed by atoms with van der Waals surface area (Å²) >= 11 is 0. The number of nitrogens with one attached hydrogen (secondary N) is 1. The quantitative estimate of drug-likeness (QED) is 0.354. The molecule has 0 rings (SSSR count). The summed E-state index contributed by atoms with van der Waals surface area (Å²) < 4.78 is 0. The first kappa shape index (κ1) is 8.94. The lowest BCUT2D eigenvalue weighted by Crippen LogP contribution is -2.06. The summed E-state index contributed by atoms with van der Waals surface area (Å²) in [4.78, 5) is 0. The summed E-state index contributed by atoms with van der Waals surface area (Å²) in [5.74, 6) is 5.34. The molecular weight excluding hydrogens is 128 g/mol. The van der Waals surface area contributed by atoms with Gasteiger partial charge in [0.05, 0.1) is 0 Å². The molecule has 0 aliphatic rings. The summed E-state index contributed by atoms with van der Waals surface area (Å²) in [6.07, 6.45) is 0.888. The Bertz CT molecular complexity index is 128. The normalized spacial score (nSPS) is 10.7. The molecule has 0 aromatic heterocycles. The average molecular weight is 142 g/mol. The van der Waals surface area contributed by atoms with Crippen molar-refractivity contribution in [2.45, 2.75) is 20.3 Å². The zero-order chi connectivity index (χ0) is 7.98. The van der Waals surface area contributed by atoms with E-state index in [-0.39, 0.29) is 0 Å². The van der Waals surface area contributed by atoms with Crippen LogP contribution in [0, 0.1) is 5.92 Å². The molecule has 10 heavy (non-hydrogen) atoms. The van der Waals surface area contributed by atoms with Gasteiger partial charge in [-0.05, 0) is 12.3 Å². The smallest absolute Gasteiger partial charge is 0.0284 e. The number of rotatable bonds is 4. The van der Waals surface area contributed by atoms with Crippen LogP contribution in [-0.4, -0.2) is 0 Å². The molecule has 0 heterocycles. The van der Waals surface area contributed by atoms with E-state index in [0.717, 1.165) is 12.1 Å². The molecule has 0 bridgehead atoms. The van der Waals surface area contributed by atoms with Crippen LogP contribution in [0.4, 0.5) is 0 Å². The Morgan fingerprint density at radius 3 is 2.70 bits per heavy atom. The van der Waals surface area contributed by atoms with Crippen LogP contribution in [0.15, 0.2) is 22.7 Å². The minimum absolute atomic E-state index is 0.577. The molecule has 3 N–H and O–H groups in total. The molecule has 0 radical (unpaired) electrons. The van der Waals surface area contributed by atoms with Crippen LogP contribution in [0.5, 0.6) is 0 Å². The summed E-state index contributed by atoms with van der Waals surface area (Å²) in [5, 5.41) is 6.41. The zero-order valence-corrected chi connectivity index (χ0v) is 6.46. The van der Waals surface area contributed by atoms with Crippen LogP contribution in [0.25, 0.3) is 0 Å². The first-order valence-electron chi connectivity index (χ1n) is 3.20. The maximum absolute atomic E-state index is 4.76. The number of allylic oxidation sites excluding steroid dienone is 1. The average Bonchev–Trinajstić information content (AvgIpc) is 1.82. The van der Waals surface area contributed by atoms with Crippen molar-refractivity contribution < 1.29 is 0 Å². The van der Waals surface area contributed by atoms with Gasteiger partial charge in [-0.2, -0.15) is 0 Å². The molecule has 0 fully saturated rings. The van der Waals surface area contributed by atoms with Gasteiger partial charge in [0.1, 0.15) is 0 Å². The molecular formula is C6H14N4. The van der Waals surface area contributed by atoms with Crippen LogP contribution < -0.4 is 11.3 Å². The van der Waals surface area contributed by atoms with Gasteiger partial charge in [0.2, 0.25) is 0 Å². The number of nitrogens with two attached hydrogens (primary N) is 1. The lowest BCUT2D eigenvalue weighted by atomic mass is 10.1. The minimum Gasteiger partial charge on any atom is -0.303 e. The predicted molar refractivity (Wildman–Crippen MR) is 40.8 cm³/mol. The van der Waals surface area contributed by atoms with E-state index in [2.05, 4.69) is 36.3 Å². The third-order valence-corrected chi connectivity index (χ3v) is 0.920. The highest BCUT2D eigenvalue weighted by molar-refractivity contribution is 4.89. The van der Waals surface area contributed by atoms with Crippen LogP contribution in [0.2, 0.25) is 0 Å². The predicted octanol–water partition coefficient (Wildman–Crippen LogP) is 1.38. The van der Waals surface area contributed by atoms with E-state index in [1.165, 1.54) is 0 Å². The first-order valence-corrected chi connectivity index (χ1v) is 3.20. The molecule has 4 heteroatoms. The van der Waals surface area contributed by atoms with Crippen molar-refractivity contribution in [3.8, 4) is 0 Å². The minimum atomic E-state index is 0.577. The summed E-state index contributed by atoms with van der Waals surface area (Å²) in [5.41, 5.74) is 3.44. The number of nitrogens with zero attached hydrogens (tertiary/aromatic N) is 2. The van der Waals surface area contributed by atoms with E-state index in [1.54, 1.807) is 0 Å². The largest absolute Gasteiger partial charge is 0.303 e. The van der Waals surface area contributed by atoms with Crippen molar-refractivity contribution in [2.75, 3.05) is 0 Å². The fourth-order valence-electron chi connectivity index (χ4n) is 0.638. The van der Waals surface area contributed by atoms with Gasteiger partial charge in [0.15, 0.2) is 0 Å². The lowest BCUT2D eigenvalue weighted by Gasteiger charge is -2.04. The van der Waals surface area contributed by atoms with Crippen LogP contribution in [-0.2, 0) is 0 Å². The molecule has 0 aliphatic heterocycles. The van der Waals surface area contributed by atoms with E-state index < -0.39 is 0 Å². The standard InChI is InChI=1S/C6H14N4/c1-5(2)4-6(3)8-10-9-7/h5H,3-4H2,1-2H3,(H2,7,10)(H,8,9). The second-order valence-corrected chi connectivity index (χ2v) is 2.53. The van der Waals surface area contributed by atoms with Gasteiger partial charge in [-0.15, -0.1) is 0 Å². The van der Waals surface area contributed by atoms with E-state index in [9.17, 15) is 0 Å². The van der Waals surface area contributed by atoms with Crippen molar-refractivity contribution in [3.05, 3.63) is 12.3 Å². The second kappa shape index (κ2) is 4.78. The van der Waals surface area contributed by atoms with E-state index in [4.69, 9.17) is 5.84 Å². The Kier molecular flexibility index (Phi) is 4.28. The van der Waals surface area contributed by atoms with E-state index >= 15 is 0 Å². The zero-order valence-electron chi connectivity index (χ0n) is 6.46. The Hall–Kier alpha value is -1.06. The van der Waals surface area contributed by atoms with Crippen molar-refractivity contribution in [3.63, 3.8) is 0 Å². The van der Waals surface area contributed by atoms with Crippen LogP contribution in [0.1, 0.15) is 20.3 Å². The van der Waals surface area contributed by atoms with Crippen molar-refractivity contribution in [2.24, 2.45) is 22.2 Å². The maximum Gasteiger partial charge on any atom is 0.0284 e. The van der Waals surface area contributed by atoms with Gasteiger partial charge in [0.25, 0.3) is 0 Å². The molecule has 0 saturated carbocycles. The molecule has 0 amide bonds. The second-order valence-electron chi connectivity index (χ2n) is 2.53. The lowest BCUT2D eigenvalue weighted by molar-refractivity contribution is 0.600. The highest BCUT2D eigenvalue weighted by Gasteiger charge is 1.95. The van der Waals surface area contributed by atoms with Crippen molar-refractivity contribution >= 4 is 0 Å². The third-order valence-electron chi connectivity index (χ3n) is 0.920. The fourth-order valence-corrected chi connectivity index (χ4v) is 0.638. The topological polar surface area (TPSA) is 62.8 Å². The van der Waals surface area contributed by atoms with Crippen LogP contribution in [0.3, 0.4) is 0 Å². The van der Waals surface area contributed by atoms with Crippen molar-refractivity contribution in [1.29, 1.82) is 0 Å². The highest BCUT2D eigenvalue weighted by Crippen LogP contribution is 2.04. The van der Waals surface area contributed by atoms with Gasteiger partial charge < -0.3 is 5.84 Å². The highest BCUT2D eigenvalue weighted by atomic mass is 15.5. The molecule has 58 valence electrons. The van der Waals surface area contributed by atoms with Gasteiger partial charge in [-0.25, -0.2) is 0 Å². The van der Waals surface area contributed by atoms with Gasteiger partial charge >= 0.3 is 0 Å². The molecule has 0 saturated heterocycles. The molecule has 0 atom stereocenters. The number of hydrogen-bond donors (Lipinski definition) is 2. The maximum atomic E-state index is 4.76. The Morgan fingerprint density at radius 2 is 2.30 bits per heavy atom. The molecule has 4 nitrogen and oxygen atoms in total. The molecule has 0 aliphatic carbocycles. The third kappa shape index (κ3) is 5.08. The first-order chi connectivity index (χ1) is 4.66. The molecule has 0 aromatic carbocycles. The Balaban J connectivity index is 3.44. The molecule has 0 aromatic rings. The summed E-state index contributed by atoms with van der Waals surface area (Å²) in [6, 6.07) is 0. The SMILES string of the molecule is C=C(CC(C)C)NN=NN.